The Balaban J connectivity index is 1.70. The molecule has 0 radical (unpaired) electrons. The summed E-state index contributed by atoms with van der Waals surface area (Å²) in [7, 11) is 0. The zero-order valence-electron chi connectivity index (χ0n) is 10.9. The lowest BCUT2D eigenvalue weighted by Crippen LogP contribution is -2.43. The first-order valence-electron chi connectivity index (χ1n) is 6.47. The van der Waals surface area contributed by atoms with Crippen molar-refractivity contribution in [3.63, 3.8) is 0 Å². The van der Waals surface area contributed by atoms with Crippen LogP contribution in [0.3, 0.4) is 0 Å². The average Bonchev–Trinajstić information content (AvgIpc) is 2.82. The second kappa shape index (κ2) is 4.05. The topological polar surface area (TPSA) is 63.1 Å². The molecular formula is C12H19N5O. The maximum Gasteiger partial charge on any atom is 0.276 e. The fourth-order valence-corrected chi connectivity index (χ4v) is 2.46. The number of nitrogens with zero attached hydrogens (tertiary/aromatic N) is 4. The van der Waals surface area contributed by atoms with Gasteiger partial charge in [0.05, 0.1) is 12.2 Å². The quantitative estimate of drug-likeness (QED) is 0.818. The van der Waals surface area contributed by atoms with Gasteiger partial charge >= 0.3 is 0 Å². The third kappa shape index (κ3) is 2.01. The van der Waals surface area contributed by atoms with Gasteiger partial charge in [-0.25, -0.2) is 4.68 Å². The zero-order chi connectivity index (χ0) is 12.8. The molecule has 6 heteroatoms. The molecule has 0 aliphatic carbocycles. The molecule has 2 aliphatic rings. The molecule has 0 bridgehead atoms. The second-order valence-corrected chi connectivity index (χ2v) is 6.04. The highest BCUT2D eigenvalue weighted by Crippen LogP contribution is 2.29. The number of amides is 1. The largest absolute Gasteiger partial charge is 0.337 e. The molecule has 0 spiro atoms. The van der Waals surface area contributed by atoms with Gasteiger partial charge in [-0.3, -0.25) is 4.79 Å². The van der Waals surface area contributed by atoms with Gasteiger partial charge in [-0.1, -0.05) is 19.1 Å². The molecule has 1 aromatic rings. The summed E-state index contributed by atoms with van der Waals surface area (Å²) in [5.41, 5.74) is 0.698. The number of aromatic nitrogens is 3. The minimum absolute atomic E-state index is 0.0131. The summed E-state index contributed by atoms with van der Waals surface area (Å²) < 4.78 is 1.80. The van der Waals surface area contributed by atoms with Crippen molar-refractivity contribution < 1.29 is 4.79 Å². The van der Waals surface area contributed by atoms with Crippen molar-refractivity contribution >= 4 is 5.91 Å². The molecule has 0 unspecified atom stereocenters. The number of rotatable bonds is 2. The number of hydrogen-bond donors (Lipinski definition) is 1. The van der Waals surface area contributed by atoms with Gasteiger partial charge in [-0.2, -0.15) is 0 Å². The van der Waals surface area contributed by atoms with E-state index in [1.807, 2.05) is 4.90 Å². The Morgan fingerprint density at radius 3 is 2.83 bits per heavy atom. The van der Waals surface area contributed by atoms with E-state index < -0.39 is 0 Å². The predicted molar refractivity (Wildman–Crippen MR) is 66.2 cm³/mol. The van der Waals surface area contributed by atoms with Gasteiger partial charge < -0.3 is 10.2 Å². The van der Waals surface area contributed by atoms with Gasteiger partial charge in [-0.15, -0.1) is 5.10 Å². The van der Waals surface area contributed by atoms with Crippen LogP contribution in [-0.4, -0.2) is 52.0 Å². The van der Waals surface area contributed by atoms with Gasteiger partial charge in [0, 0.05) is 26.2 Å². The van der Waals surface area contributed by atoms with E-state index in [9.17, 15) is 4.79 Å². The lowest BCUT2D eigenvalue weighted by molar-refractivity contribution is 0.0772. The van der Waals surface area contributed by atoms with Gasteiger partial charge in [0.1, 0.15) is 0 Å². The van der Waals surface area contributed by atoms with Crippen molar-refractivity contribution in [1.82, 2.24) is 25.2 Å². The molecule has 0 aromatic carbocycles. The Kier molecular flexibility index (Phi) is 2.62. The third-order valence-electron chi connectivity index (χ3n) is 3.83. The van der Waals surface area contributed by atoms with E-state index >= 15 is 0 Å². The highest BCUT2D eigenvalue weighted by Gasteiger charge is 2.33. The molecule has 0 atom stereocenters. The molecular weight excluding hydrogens is 230 g/mol. The molecule has 2 fully saturated rings. The SMILES string of the molecule is CC1(C)CCN(C(=O)c2cn(C3CNC3)nn2)C1. The van der Waals surface area contributed by atoms with Gasteiger partial charge in [0.2, 0.25) is 0 Å². The molecule has 6 nitrogen and oxygen atoms in total. The summed E-state index contributed by atoms with van der Waals surface area (Å²) in [6.07, 6.45) is 2.83. The first kappa shape index (κ1) is 11.6. The van der Waals surface area contributed by atoms with Crippen LogP contribution in [0.5, 0.6) is 0 Å². The van der Waals surface area contributed by atoms with E-state index in [4.69, 9.17) is 0 Å². The van der Waals surface area contributed by atoms with Crippen LogP contribution in [0, 0.1) is 5.41 Å². The lowest BCUT2D eigenvalue weighted by atomic mass is 9.93. The molecule has 2 saturated heterocycles. The van der Waals surface area contributed by atoms with Crippen LogP contribution < -0.4 is 5.32 Å². The van der Waals surface area contributed by atoms with Crippen molar-refractivity contribution in [2.75, 3.05) is 26.2 Å². The zero-order valence-corrected chi connectivity index (χ0v) is 10.9. The number of carbonyl (C=O) groups excluding carboxylic acids is 1. The monoisotopic (exact) mass is 249 g/mol. The molecule has 1 amide bonds. The first-order valence-corrected chi connectivity index (χ1v) is 6.47. The van der Waals surface area contributed by atoms with Crippen LogP contribution in [0.4, 0.5) is 0 Å². The minimum atomic E-state index is 0.0131. The number of carbonyl (C=O) groups is 1. The molecule has 0 saturated carbocycles. The Bertz CT molecular complexity index is 463. The normalized spacial score (nSPS) is 23.1. The van der Waals surface area contributed by atoms with Crippen LogP contribution in [0.2, 0.25) is 0 Å². The fraction of sp³-hybridized carbons (Fsp3) is 0.750. The Hall–Kier alpha value is -1.43. The number of likely N-dealkylation sites (tertiary alicyclic amines) is 1. The van der Waals surface area contributed by atoms with Crippen LogP contribution >= 0.6 is 0 Å². The summed E-state index contributed by atoms with van der Waals surface area (Å²) in [5.74, 6) is 0.0131. The van der Waals surface area contributed by atoms with E-state index in [1.54, 1.807) is 10.9 Å². The average molecular weight is 249 g/mol. The van der Waals surface area contributed by atoms with Crippen molar-refractivity contribution in [3.8, 4) is 0 Å². The van der Waals surface area contributed by atoms with Crippen molar-refractivity contribution in [3.05, 3.63) is 11.9 Å². The Morgan fingerprint density at radius 1 is 1.50 bits per heavy atom. The molecule has 18 heavy (non-hydrogen) atoms. The summed E-state index contributed by atoms with van der Waals surface area (Å²) >= 11 is 0. The molecule has 1 aromatic heterocycles. The van der Waals surface area contributed by atoms with Gasteiger partial charge in [-0.05, 0) is 11.8 Å². The van der Waals surface area contributed by atoms with Crippen molar-refractivity contribution in [2.24, 2.45) is 5.41 Å². The van der Waals surface area contributed by atoms with E-state index in [-0.39, 0.29) is 11.3 Å². The van der Waals surface area contributed by atoms with Crippen molar-refractivity contribution in [1.29, 1.82) is 0 Å². The molecule has 1 N–H and O–H groups in total. The van der Waals surface area contributed by atoms with Crippen molar-refractivity contribution in [2.45, 2.75) is 26.3 Å². The molecule has 3 rings (SSSR count). The highest BCUT2D eigenvalue weighted by molar-refractivity contribution is 5.92. The summed E-state index contributed by atoms with van der Waals surface area (Å²) in [6, 6.07) is 0.356. The Morgan fingerprint density at radius 2 is 2.28 bits per heavy atom. The molecule has 98 valence electrons. The minimum Gasteiger partial charge on any atom is -0.337 e. The standard InChI is InChI=1S/C12H19N5O/c1-12(2)3-4-16(8-12)11(18)10-7-17(15-14-10)9-5-13-6-9/h7,9,13H,3-6,8H2,1-2H3. The van der Waals surface area contributed by atoms with Gasteiger partial charge in [0.15, 0.2) is 5.69 Å². The van der Waals surface area contributed by atoms with Gasteiger partial charge in [0.25, 0.3) is 5.91 Å². The maximum absolute atomic E-state index is 12.3. The highest BCUT2D eigenvalue weighted by atomic mass is 16.2. The lowest BCUT2D eigenvalue weighted by Gasteiger charge is -2.26. The van der Waals surface area contributed by atoms with Crippen LogP contribution in [-0.2, 0) is 0 Å². The first-order chi connectivity index (χ1) is 8.55. The number of nitrogens with one attached hydrogen (secondary N) is 1. The Labute approximate surface area is 106 Å². The fourth-order valence-electron chi connectivity index (χ4n) is 2.46. The van der Waals surface area contributed by atoms with E-state index in [0.29, 0.717) is 11.7 Å². The van der Waals surface area contributed by atoms with E-state index in [0.717, 1.165) is 32.6 Å². The molecule has 2 aliphatic heterocycles. The van der Waals surface area contributed by atoms with Crippen LogP contribution in [0.15, 0.2) is 6.20 Å². The molecule has 3 heterocycles. The summed E-state index contributed by atoms with van der Waals surface area (Å²) in [5, 5.41) is 11.2. The van der Waals surface area contributed by atoms with E-state index in [1.165, 1.54) is 0 Å². The summed E-state index contributed by atoms with van der Waals surface area (Å²) in [6.45, 7) is 7.84. The number of hydrogen-bond acceptors (Lipinski definition) is 4. The second-order valence-electron chi connectivity index (χ2n) is 6.04. The maximum atomic E-state index is 12.3. The third-order valence-corrected chi connectivity index (χ3v) is 3.83. The van der Waals surface area contributed by atoms with Crippen LogP contribution in [0.1, 0.15) is 36.8 Å². The predicted octanol–water partition coefficient (Wildman–Crippen LogP) is 0.295. The van der Waals surface area contributed by atoms with E-state index in [2.05, 4.69) is 29.5 Å². The summed E-state index contributed by atoms with van der Waals surface area (Å²) in [4.78, 5) is 14.2. The smallest absolute Gasteiger partial charge is 0.276 e. The van der Waals surface area contributed by atoms with Crippen LogP contribution in [0.25, 0.3) is 0 Å².